The van der Waals surface area contributed by atoms with Gasteiger partial charge in [0.15, 0.2) is 0 Å². The van der Waals surface area contributed by atoms with E-state index < -0.39 is 0 Å². The quantitative estimate of drug-likeness (QED) is 0.433. The van der Waals surface area contributed by atoms with Crippen LogP contribution in [-0.2, 0) is 0 Å². The molecule has 7 heteroatoms. The summed E-state index contributed by atoms with van der Waals surface area (Å²) in [4.78, 5) is 0. The first-order valence-electron chi connectivity index (χ1n) is 7.21. The third-order valence-corrected chi connectivity index (χ3v) is 6.27. The van der Waals surface area contributed by atoms with Crippen LogP contribution in [0.5, 0.6) is 0 Å². The van der Waals surface area contributed by atoms with E-state index in [2.05, 4.69) is 64.7 Å². The number of rotatable bonds is 7. The Morgan fingerprint density at radius 1 is 1.00 bits per heavy atom. The molecule has 1 aromatic rings. The molecule has 122 valence electrons. The summed E-state index contributed by atoms with van der Waals surface area (Å²) in [6, 6.07) is 8.32. The van der Waals surface area contributed by atoms with E-state index in [0.29, 0.717) is 0 Å². The molecular weight excluding hydrogens is 416 g/mol. The summed E-state index contributed by atoms with van der Waals surface area (Å²) in [5, 5.41) is 6.54. The first-order valence-corrected chi connectivity index (χ1v) is 10.6. The second-order valence-corrected chi connectivity index (χ2v) is 9.33. The zero-order valence-electron chi connectivity index (χ0n) is 12.7. The van der Waals surface area contributed by atoms with Crippen molar-refractivity contribution in [3.63, 3.8) is 0 Å². The van der Waals surface area contributed by atoms with Gasteiger partial charge in [-0.05, 0) is 30.5 Å². The molecule has 0 aromatic heterocycles. The standard InChI is InChI=1S/C15H21BrN2S4/c1-3-9-17-14(19)21-13(22-15(20)18-10-4-2)11-5-7-12(16)8-6-11/h5-8,13H,3-4,9-10H2,1-2H3,(H,17,19)(H,18,20). The second kappa shape index (κ2) is 11.7. The molecule has 0 saturated heterocycles. The van der Waals surface area contributed by atoms with Crippen LogP contribution in [0.4, 0.5) is 0 Å². The van der Waals surface area contributed by atoms with Gasteiger partial charge in [0.25, 0.3) is 0 Å². The highest BCUT2D eigenvalue weighted by Gasteiger charge is 2.17. The van der Waals surface area contributed by atoms with Crippen molar-refractivity contribution in [1.29, 1.82) is 0 Å². The molecule has 0 heterocycles. The summed E-state index contributed by atoms with van der Waals surface area (Å²) in [5.74, 6) is 0. The van der Waals surface area contributed by atoms with Crippen molar-refractivity contribution in [2.24, 2.45) is 0 Å². The van der Waals surface area contributed by atoms with Crippen LogP contribution in [0.25, 0.3) is 0 Å². The molecule has 0 aliphatic rings. The summed E-state index contributed by atoms with van der Waals surface area (Å²) in [7, 11) is 0. The van der Waals surface area contributed by atoms with Crippen LogP contribution >= 0.6 is 63.9 Å². The third-order valence-electron chi connectivity index (χ3n) is 2.61. The Morgan fingerprint density at radius 2 is 1.45 bits per heavy atom. The van der Waals surface area contributed by atoms with Gasteiger partial charge in [-0.2, -0.15) is 0 Å². The van der Waals surface area contributed by atoms with Gasteiger partial charge in [0.2, 0.25) is 0 Å². The summed E-state index contributed by atoms with van der Waals surface area (Å²) >= 11 is 17.6. The van der Waals surface area contributed by atoms with Gasteiger partial charge in [-0.3, -0.25) is 0 Å². The highest BCUT2D eigenvalue weighted by molar-refractivity contribution is 9.10. The summed E-state index contributed by atoms with van der Waals surface area (Å²) in [5.41, 5.74) is 1.21. The fourth-order valence-corrected chi connectivity index (χ4v) is 5.04. The van der Waals surface area contributed by atoms with Crippen LogP contribution in [-0.4, -0.2) is 21.7 Å². The molecular formula is C15H21BrN2S4. The van der Waals surface area contributed by atoms with Crippen molar-refractivity contribution < 1.29 is 0 Å². The molecule has 0 radical (unpaired) electrons. The largest absolute Gasteiger partial charge is 0.371 e. The monoisotopic (exact) mass is 436 g/mol. The number of hydrogen-bond donors (Lipinski definition) is 2. The summed E-state index contributed by atoms with van der Waals surface area (Å²) in [6.07, 6.45) is 2.13. The Kier molecular flexibility index (Phi) is 10.7. The number of benzene rings is 1. The predicted octanol–water partition coefficient (Wildman–Crippen LogP) is 5.48. The highest BCUT2D eigenvalue weighted by Crippen LogP contribution is 2.40. The molecule has 0 atom stereocenters. The lowest BCUT2D eigenvalue weighted by atomic mass is 10.2. The Labute approximate surface area is 161 Å². The van der Waals surface area contributed by atoms with Crippen LogP contribution in [0.2, 0.25) is 0 Å². The Bertz CT molecular complexity index is 457. The molecule has 0 amide bonds. The van der Waals surface area contributed by atoms with E-state index in [0.717, 1.165) is 39.0 Å². The number of halogens is 1. The maximum atomic E-state index is 5.43. The fraction of sp³-hybridized carbons (Fsp3) is 0.467. The van der Waals surface area contributed by atoms with E-state index >= 15 is 0 Å². The first-order chi connectivity index (χ1) is 10.6. The van der Waals surface area contributed by atoms with Crippen LogP contribution in [0, 0.1) is 0 Å². The van der Waals surface area contributed by atoms with Gasteiger partial charge in [0, 0.05) is 17.6 Å². The molecule has 1 aromatic carbocycles. The molecule has 0 aliphatic heterocycles. The van der Waals surface area contributed by atoms with Crippen molar-refractivity contribution >= 4 is 72.5 Å². The number of thioether (sulfide) groups is 2. The lowest BCUT2D eigenvalue weighted by Gasteiger charge is -2.18. The van der Waals surface area contributed by atoms with Crippen LogP contribution in [0.1, 0.15) is 36.8 Å². The Hall–Kier alpha value is 0.180. The van der Waals surface area contributed by atoms with Gasteiger partial charge < -0.3 is 10.6 Å². The van der Waals surface area contributed by atoms with Gasteiger partial charge in [0.1, 0.15) is 8.64 Å². The molecule has 22 heavy (non-hydrogen) atoms. The number of thiocarbonyl (C=S) groups is 2. The molecule has 0 saturated carbocycles. The lowest BCUT2D eigenvalue weighted by molar-refractivity contribution is 0.854. The predicted molar refractivity (Wildman–Crippen MR) is 114 cm³/mol. The molecule has 2 N–H and O–H groups in total. The maximum Gasteiger partial charge on any atom is 0.135 e. The fourth-order valence-electron chi connectivity index (χ4n) is 1.51. The van der Waals surface area contributed by atoms with Crippen LogP contribution in [0.15, 0.2) is 28.7 Å². The SMILES string of the molecule is CCCNC(=S)SC(SC(=S)NCCC)c1ccc(Br)cc1. The second-order valence-electron chi connectivity index (χ2n) is 4.55. The first kappa shape index (κ1) is 20.2. The van der Waals surface area contributed by atoms with E-state index in [1.165, 1.54) is 5.56 Å². The zero-order valence-corrected chi connectivity index (χ0v) is 17.6. The van der Waals surface area contributed by atoms with Gasteiger partial charge in [-0.15, -0.1) is 0 Å². The van der Waals surface area contributed by atoms with Crippen molar-refractivity contribution in [2.75, 3.05) is 13.1 Å². The molecule has 1 rings (SSSR count). The average Bonchev–Trinajstić information content (AvgIpc) is 2.51. The minimum absolute atomic E-state index is 0.154. The number of hydrogen-bond acceptors (Lipinski definition) is 4. The van der Waals surface area contributed by atoms with Crippen molar-refractivity contribution in [3.05, 3.63) is 34.3 Å². The normalized spacial score (nSPS) is 10.5. The highest BCUT2D eigenvalue weighted by atomic mass is 79.9. The maximum absolute atomic E-state index is 5.43. The van der Waals surface area contributed by atoms with E-state index in [4.69, 9.17) is 24.4 Å². The lowest BCUT2D eigenvalue weighted by Crippen LogP contribution is -2.22. The minimum atomic E-state index is 0.154. The van der Waals surface area contributed by atoms with E-state index in [1.54, 1.807) is 23.5 Å². The molecule has 0 bridgehead atoms. The summed E-state index contributed by atoms with van der Waals surface area (Å²) in [6.45, 7) is 6.07. The third kappa shape index (κ3) is 8.15. The van der Waals surface area contributed by atoms with Crippen molar-refractivity contribution in [1.82, 2.24) is 10.6 Å². The molecule has 0 fully saturated rings. The van der Waals surface area contributed by atoms with Crippen LogP contribution in [0.3, 0.4) is 0 Å². The van der Waals surface area contributed by atoms with E-state index in [-0.39, 0.29) is 4.58 Å². The Balaban J connectivity index is 2.73. The zero-order chi connectivity index (χ0) is 16.4. The van der Waals surface area contributed by atoms with E-state index in [1.807, 2.05) is 0 Å². The molecule has 0 unspecified atom stereocenters. The molecule has 0 spiro atoms. The van der Waals surface area contributed by atoms with Gasteiger partial charge in [0.05, 0.1) is 4.58 Å². The van der Waals surface area contributed by atoms with E-state index in [9.17, 15) is 0 Å². The smallest absolute Gasteiger partial charge is 0.135 e. The molecule has 2 nitrogen and oxygen atoms in total. The minimum Gasteiger partial charge on any atom is -0.371 e. The van der Waals surface area contributed by atoms with Crippen molar-refractivity contribution in [2.45, 2.75) is 31.3 Å². The number of nitrogens with one attached hydrogen (secondary N) is 2. The summed E-state index contributed by atoms with van der Waals surface area (Å²) < 4.78 is 2.87. The average molecular weight is 438 g/mol. The molecule has 0 aliphatic carbocycles. The topological polar surface area (TPSA) is 24.1 Å². The van der Waals surface area contributed by atoms with Gasteiger partial charge in [-0.25, -0.2) is 0 Å². The van der Waals surface area contributed by atoms with Gasteiger partial charge >= 0.3 is 0 Å². The van der Waals surface area contributed by atoms with Crippen molar-refractivity contribution in [3.8, 4) is 0 Å². The van der Waals surface area contributed by atoms with Gasteiger partial charge in [-0.1, -0.05) is 89.9 Å². The van der Waals surface area contributed by atoms with Crippen LogP contribution < -0.4 is 10.6 Å². The Morgan fingerprint density at radius 3 is 1.86 bits per heavy atom.